The van der Waals surface area contributed by atoms with Crippen molar-refractivity contribution in [1.29, 1.82) is 0 Å². The van der Waals surface area contributed by atoms with Crippen LogP contribution in [-0.2, 0) is 0 Å². The molecule has 13 heavy (non-hydrogen) atoms. The summed E-state index contributed by atoms with van der Waals surface area (Å²) in [6, 6.07) is 0. The Kier molecular flexibility index (Phi) is 15.6. The van der Waals surface area contributed by atoms with Crippen molar-refractivity contribution in [2.24, 2.45) is 0 Å². The minimum absolute atomic E-state index is 0. The normalized spacial score (nSPS) is 10.2. The summed E-state index contributed by atoms with van der Waals surface area (Å²) in [4.78, 5) is 0. The van der Waals surface area contributed by atoms with Crippen LogP contribution < -0.4 is 12.4 Å². The van der Waals surface area contributed by atoms with Crippen LogP contribution in [0.1, 0.15) is 27.2 Å². The molecule has 0 aliphatic heterocycles. The lowest BCUT2D eigenvalue weighted by atomic mass is 10.3. The van der Waals surface area contributed by atoms with E-state index in [0.29, 0.717) is 6.61 Å². The first-order valence-corrected chi connectivity index (χ1v) is 4.70. The fourth-order valence-corrected chi connectivity index (χ4v) is 1.55. The van der Waals surface area contributed by atoms with Gasteiger partial charge in [-0.25, -0.2) is 0 Å². The second kappa shape index (κ2) is 10.6. The van der Waals surface area contributed by atoms with E-state index in [1.165, 1.54) is 19.6 Å². The van der Waals surface area contributed by atoms with Crippen molar-refractivity contribution >= 4 is 12.4 Å². The number of hydrogen-bond acceptors (Lipinski definition) is 1. The summed E-state index contributed by atoms with van der Waals surface area (Å²) in [5.41, 5.74) is 0. The molecule has 0 atom stereocenters. The molecule has 84 valence electrons. The van der Waals surface area contributed by atoms with Crippen LogP contribution >= 0.6 is 12.4 Å². The fraction of sp³-hybridized carbons (Fsp3) is 1.00. The van der Waals surface area contributed by atoms with Crippen molar-refractivity contribution in [1.82, 2.24) is 0 Å². The van der Waals surface area contributed by atoms with Gasteiger partial charge in [-0.1, -0.05) is 0 Å². The first-order chi connectivity index (χ1) is 5.24. The SMILES string of the molecule is CC[N+](CC)(CC)CCCO.Cl.[Cl-]. The second-order valence-electron chi connectivity index (χ2n) is 3.09. The minimum Gasteiger partial charge on any atom is -1.00 e. The molecule has 0 aliphatic carbocycles. The summed E-state index contributed by atoms with van der Waals surface area (Å²) in [5.74, 6) is 0. The lowest BCUT2D eigenvalue weighted by Gasteiger charge is -2.35. The smallest absolute Gasteiger partial charge is 0.0808 e. The van der Waals surface area contributed by atoms with E-state index < -0.39 is 0 Å². The number of quaternary nitrogens is 1. The van der Waals surface area contributed by atoms with E-state index in [1.807, 2.05) is 0 Å². The molecule has 2 nitrogen and oxygen atoms in total. The van der Waals surface area contributed by atoms with Crippen molar-refractivity contribution in [3.8, 4) is 0 Å². The van der Waals surface area contributed by atoms with E-state index in [2.05, 4.69) is 20.8 Å². The Morgan fingerprint density at radius 3 is 1.62 bits per heavy atom. The van der Waals surface area contributed by atoms with Gasteiger partial charge in [-0.2, -0.15) is 0 Å². The van der Waals surface area contributed by atoms with Crippen molar-refractivity contribution < 1.29 is 22.0 Å². The quantitative estimate of drug-likeness (QED) is 0.563. The molecule has 0 aliphatic rings. The van der Waals surface area contributed by atoms with E-state index in [1.54, 1.807) is 0 Å². The Labute approximate surface area is 94.7 Å². The first-order valence-electron chi connectivity index (χ1n) is 4.70. The van der Waals surface area contributed by atoms with Gasteiger partial charge >= 0.3 is 0 Å². The van der Waals surface area contributed by atoms with Gasteiger partial charge in [-0.3, -0.25) is 0 Å². The first kappa shape index (κ1) is 19.1. The zero-order valence-corrected chi connectivity index (χ0v) is 10.5. The summed E-state index contributed by atoms with van der Waals surface area (Å²) in [6.45, 7) is 11.7. The highest BCUT2D eigenvalue weighted by atomic mass is 35.5. The number of rotatable bonds is 6. The van der Waals surface area contributed by atoms with Crippen LogP contribution in [0, 0.1) is 0 Å². The average molecular weight is 232 g/mol. The molecule has 0 aromatic carbocycles. The maximum Gasteiger partial charge on any atom is 0.0808 e. The molecular weight excluding hydrogens is 209 g/mol. The van der Waals surface area contributed by atoms with E-state index >= 15 is 0 Å². The number of aliphatic hydroxyl groups excluding tert-OH is 1. The molecule has 0 aromatic rings. The monoisotopic (exact) mass is 231 g/mol. The van der Waals surface area contributed by atoms with Crippen LogP contribution in [0.15, 0.2) is 0 Å². The van der Waals surface area contributed by atoms with E-state index in [0.717, 1.165) is 17.4 Å². The lowest BCUT2D eigenvalue weighted by molar-refractivity contribution is -0.923. The third kappa shape index (κ3) is 6.55. The van der Waals surface area contributed by atoms with Crippen molar-refractivity contribution in [2.75, 3.05) is 32.8 Å². The molecule has 1 N–H and O–H groups in total. The van der Waals surface area contributed by atoms with Gasteiger partial charge in [0, 0.05) is 13.0 Å². The highest BCUT2D eigenvalue weighted by Crippen LogP contribution is 2.06. The molecule has 0 radical (unpaired) electrons. The van der Waals surface area contributed by atoms with Gasteiger partial charge in [-0.15, -0.1) is 12.4 Å². The maximum atomic E-state index is 8.71. The molecule has 0 amide bonds. The fourth-order valence-electron chi connectivity index (χ4n) is 1.55. The largest absolute Gasteiger partial charge is 1.00 e. The molecular formula is C9H23Cl2NO. The van der Waals surface area contributed by atoms with Crippen LogP contribution in [0.3, 0.4) is 0 Å². The number of aliphatic hydroxyl groups is 1. The summed E-state index contributed by atoms with van der Waals surface area (Å²) in [5, 5.41) is 8.71. The standard InChI is InChI=1S/C9H22NO.2ClH/c1-4-10(5-2,6-3)8-7-9-11;;/h11H,4-9H2,1-3H3;2*1H/q+1;;/p-1. The highest BCUT2D eigenvalue weighted by Gasteiger charge is 2.18. The molecule has 4 heteroatoms. The highest BCUT2D eigenvalue weighted by molar-refractivity contribution is 5.85. The molecule has 0 fully saturated rings. The van der Waals surface area contributed by atoms with Crippen LogP contribution in [0.25, 0.3) is 0 Å². The predicted octanol–water partition coefficient (Wildman–Crippen LogP) is -1.33. The van der Waals surface area contributed by atoms with Crippen molar-refractivity contribution in [3.05, 3.63) is 0 Å². The van der Waals surface area contributed by atoms with Crippen molar-refractivity contribution in [3.63, 3.8) is 0 Å². The Hall–Kier alpha value is 0.500. The van der Waals surface area contributed by atoms with Crippen LogP contribution in [0.5, 0.6) is 0 Å². The molecule has 0 saturated carbocycles. The summed E-state index contributed by atoms with van der Waals surface area (Å²) < 4.78 is 1.15. The molecule has 0 aromatic heterocycles. The Bertz CT molecular complexity index is 89.4. The van der Waals surface area contributed by atoms with Gasteiger partial charge in [0.2, 0.25) is 0 Å². The third-order valence-corrected chi connectivity index (χ3v) is 2.80. The molecule has 0 saturated heterocycles. The molecule has 0 spiro atoms. The minimum atomic E-state index is 0. The summed E-state index contributed by atoms with van der Waals surface area (Å²) in [6.07, 6.45) is 0.940. The van der Waals surface area contributed by atoms with Gasteiger partial charge < -0.3 is 22.0 Å². The topological polar surface area (TPSA) is 20.2 Å². The lowest BCUT2D eigenvalue weighted by Crippen LogP contribution is -3.00. The average Bonchev–Trinajstić information content (AvgIpc) is 2.08. The van der Waals surface area contributed by atoms with Gasteiger partial charge in [0.05, 0.1) is 26.2 Å². The predicted molar refractivity (Wildman–Crippen MR) is 55.7 cm³/mol. The Morgan fingerprint density at radius 1 is 1.00 bits per heavy atom. The Morgan fingerprint density at radius 2 is 1.38 bits per heavy atom. The van der Waals surface area contributed by atoms with Gasteiger partial charge in [0.15, 0.2) is 0 Å². The zero-order valence-electron chi connectivity index (χ0n) is 8.92. The molecule has 0 rings (SSSR count). The number of nitrogens with zero attached hydrogens (tertiary/aromatic N) is 1. The third-order valence-electron chi connectivity index (χ3n) is 2.80. The van der Waals surface area contributed by atoms with Gasteiger partial charge in [0.1, 0.15) is 0 Å². The summed E-state index contributed by atoms with van der Waals surface area (Å²) >= 11 is 0. The van der Waals surface area contributed by atoms with Crippen LogP contribution in [0.2, 0.25) is 0 Å². The van der Waals surface area contributed by atoms with Gasteiger partial charge in [-0.05, 0) is 20.8 Å². The van der Waals surface area contributed by atoms with E-state index in [-0.39, 0.29) is 24.8 Å². The summed E-state index contributed by atoms with van der Waals surface area (Å²) in [7, 11) is 0. The van der Waals surface area contributed by atoms with E-state index in [4.69, 9.17) is 5.11 Å². The Balaban J connectivity index is -0.000000500. The maximum absolute atomic E-state index is 8.71. The van der Waals surface area contributed by atoms with Crippen molar-refractivity contribution in [2.45, 2.75) is 27.2 Å². The molecule has 0 heterocycles. The zero-order chi connectivity index (χ0) is 8.74. The second-order valence-corrected chi connectivity index (χ2v) is 3.09. The van der Waals surface area contributed by atoms with Crippen LogP contribution in [-0.4, -0.2) is 42.4 Å². The number of halogens is 2. The number of hydrogen-bond donors (Lipinski definition) is 1. The van der Waals surface area contributed by atoms with Crippen LogP contribution in [0.4, 0.5) is 0 Å². The van der Waals surface area contributed by atoms with E-state index in [9.17, 15) is 0 Å². The molecule has 0 bridgehead atoms. The molecule has 0 unspecified atom stereocenters. The van der Waals surface area contributed by atoms with Gasteiger partial charge in [0.25, 0.3) is 0 Å².